The van der Waals surface area contributed by atoms with Crippen molar-refractivity contribution >= 4 is 28.6 Å². The smallest absolute Gasteiger partial charge is 0.386 e. The predicted octanol–water partition coefficient (Wildman–Crippen LogP) is 4.96. The van der Waals surface area contributed by atoms with Gasteiger partial charge in [0.25, 0.3) is 5.91 Å². The third-order valence-electron chi connectivity index (χ3n) is 3.65. The Morgan fingerprint density at radius 3 is 2.54 bits per heavy atom. The number of aliphatic hydroxyl groups is 1. The summed E-state index contributed by atoms with van der Waals surface area (Å²) < 4.78 is 38.9. The van der Waals surface area contributed by atoms with E-state index in [0.717, 1.165) is 21.9 Å². The summed E-state index contributed by atoms with van der Waals surface area (Å²) in [6, 6.07) is 12.1. The van der Waals surface area contributed by atoms with E-state index < -0.39 is 29.3 Å². The zero-order chi connectivity index (χ0) is 18.7. The highest BCUT2D eigenvalue weighted by atomic mass is 32.1. The number of rotatable bonds is 5. The van der Waals surface area contributed by atoms with Gasteiger partial charge in [0.1, 0.15) is 6.10 Å². The summed E-state index contributed by atoms with van der Waals surface area (Å²) in [4.78, 5) is 14.8. The quantitative estimate of drug-likeness (QED) is 0.639. The summed E-state index contributed by atoms with van der Waals surface area (Å²) in [6.45, 7) is -0.171. The van der Waals surface area contributed by atoms with E-state index in [1.807, 2.05) is 23.6 Å². The van der Waals surface area contributed by atoms with Crippen molar-refractivity contribution in [3.05, 3.63) is 69.9 Å². The minimum absolute atomic E-state index is 0.171. The van der Waals surface area contributed by atoms with Gasteiger partial charge in [0.15, 0.2) is 0 Å². The second-order valence-corrected chi connectivity index (χ2v) is 7.51. The fourth-order valence-corrected chi connectivity index (χ4v) is 4.23. The largest absolute Gasteiger partial charge is 0.417 e. The molecule has 1 atom stereocenters. The van der Waals surface area contributed by atoms with Crippen LogP contribution >= 0.6 is 22.7 Å². The number of hydrogen-bond donors (Lipinski definition) is 2. The Kier molecular flexibility index (Phi) is 5.45. The van der Waals surface area contributed by atoms with Crippen LogP contribution in [-0.4, -0.2) is 17.6 Å². The highest BCUT2D eigenvalue weighted by Crippen LogP contribution is 2.34. The van der Waals surface area contributed by atoms with Crippen molar-refractivity contribution in [2.45, 2.75) is 12.3 Å². The predicted molar refractivity (Wildman–Crippen MR) is 96.4 cm³/mol. The van der Waals surface area contributed by atoms with Crippen molar-refractivity contribution < 1.29 is 23.1 Å². The van der Waals surface area contributed by atoms with Crippen LogP contribution in [-0.2, 0) is 6.18 Å². The number of thiophene rings is 2. The van der Waals surface area contributed by atoms with Gasteiger partial charge in [-0.15, -0.1) is 22.7 Å². The first-order valence-corrected chi connectivity index (χ1v) is 9.32. The Hall–Kier alpha value is -2.16. The number of carbonyl (C=O) groups is 1. The van der Waals surface area contributed by atoms with Crippen molar-refractivity contribution in [3.8, 4) is 9.75 Å². The molecule has 0 saturated heterocycles. The van der Waals surface area contributed by atoms with Crippen LogP contribution in [0.5, 0.6) is 0 Å². The van der Waals surface area contributed by atoms with Gasteiger partial charge in [0, 0.05) is 21.2 Å². The SMILES string of the molecule is O=C(NCC(O)c1ccc(-c2cccs2)s1)c1ccccc1C(F)(F)F. The molecule has 0 aliphatic rings. The maximum absolute atomic E-state index is 13.0. The molecule has 2 aromatic heterocycles. The lowest BCUT2D eigenvalue weighted by Gasteiger charge is -2.14. The minimum Gasteiger partial charge on any atom is -0.386 e. The summed E-state index contributed by atoms with van der Waals surface area (Å²) in [7, 11) is 0. The number of hydrogen-bond acceptors (Lipinski definition) is 4. The van der Waals surface area contributed by atoms with Crippen LogP contribution < -0.4 is 5.32 Å². The standard InChI is InChI=1S/C18H14F3NO2S2/c19-18(20,21)12-5-2-1-4-11(12)17(24)22-10-13(23)14-7-8-16(26-14)15-6-3-9-25-15/h1-9,13,23H,10H2,(H,22,24). The number of aliphatic hydroxyl groups excluding tert-OH is 1. The molecule has 1 aromatic carbocycles. The molecule has 0 radical (unpaired) electrons. The van der Waals surface area contributed by atoms with Gasteiger partial charge in [-0.1, -0.05) is 18.2 Å². The first kappa shape index (κ1) is 18.6. The van der Waals surface area contributed by atoms with Crippen molar-refractivity contribution in [3.63, 3.8) is 0 Å². The van der Waals surface area contributed by atoms with Crippen molar-refractivity contribution in [2.24, 2.45) is 0 Å². The average molecular weight is 397 g/mol. The third-order valence-corrected chi connectivity index (χ3v) is 5.90. The Bertz CT molecular complexity index is 888. The van der Waals surface area contributed by atoms with Crippen molar-refractivity contribution in [1.29, 1.82) is 0 Å². The summed E-state index contributed by atoms with van der Waals surface area (Å²) in [6.07, 6.45) is -5.61. The molecule has 0 aliphatic heterocycles. The van der Waals surface area contributed by atoms with E-state index in [1.54, 1.807) is 17.4 Å². The lowest BCUT2D eigenvalue weighted by molar-refractivity contribution is -0.137. The van der Waals surface area contributed by atoms with E-state index in [4.69, 9.17) is 0 Å². The van der Waals surface area contributed by atoms with E-state index in [9.17, 15) is 23.1 Å². The number of benzene rings is 1. The van der Waals surface area contributed by atoms with Gasteiger partial charge in [-0.25, -0.2) is 0 Å². The first-order chi connectivity index (χ1) is 12.4. The molecule has 0 saturated carbocycles. The molecule has 2 N–H and O–H groups in total. The normalized spacial score (nSPS) is 12.8. The molecule has 2 heterocycles. The summed E-state index contributed by atoms with van der Waals surface area (Å²) >= 11 is 2.96. The molecule has 26 heavy (non-hydrogen) atoms. The summed E-state index contributed by atoms with van der Waals surface area (Å²) in [5.41, 5.74) is -1.46. The summed E-state index contributed by atoms with van der Waals surface area (Å²) in [5, 5.41) is 14.6. The first-order valence-electron chi connectivity index (χ1n) is 7.62. The van der Waals surface area contributed by atoms with Gasteiger partial charge in [0.05, 0.1) is 11.1 Å². The Labute approximate surface area is 155 Å². The molecular formula is C18H14F3NO2S2. The van der Waals surface area contributed by atoms with E-state index in [-0.39, 0.29) is 6.54 Å². The summed E-state index contributed by atoms with van der Waals surface area (Å²) in [5.74, 6) is -0.869. The lowest BCUT2D eigenvalue weighted by atomic mass is 10.1. The van der Waals surface area contributed by atoms with E-state index in [2.05, 4.69) is 5.32 Å². The number of amides is 1. The minimum atomic E-state index is -4.62. The van der Waals surface area contributed by atoms with Gasteiger partial charge in [-0.3, -0.25) is 4.79 Å². The molecule has 0 fully saturated rings. The van der Waals surface area contributed by atoms with Crippen LogP contribution in [0.4, 0.5) is 13.2 Å². The topological polar surface area (TPSA) is 49.3 Å². The van der Waals surface area contributed by atoms with Crippen LogP contribution in [0.25, 0.3) is 9.75 Å². The van der Waals surface area contributed by atoms with Crippen LogP contribution in [0.15, 0.2) is 53.9 Å². The third kappa shape index (κ3) is 4.14. The van der Waals surface area contributed by atoms with Crippen LogP contribution in [0.3, 0.4) is 0 Å². The van der Waals surface area contributed by atoms with Gasteiger partial charge in [0.2, 0.25) is 0 Å². The maximum atomic E-state index is 13.0. The number of halogens is 3. The molecule has 1 amide bonds. The van der Waals surface area contributed by atoms with Gasteiger partial charge in [-0.05, 0) is 35.7 Å². The van der Waals surface area contributed by atoms with Gasteiger partial charge >= 0.3 is 6.18 Å². The zero-order valence-electron chi connectivity index (χ0n) is 13.3. The molecule has 1 unspecified atom stereocenters. The molecule has 3 aromatic rings. The Balaban J connectivity index is 1.67. The Morgan fingerprint density at radius 2 is 1.85 bits per heavy atom. The fraction of sp³-hybridized carbons (Fsp3) is 0.167. The van der Waals surface area contributed by atoms with Crippen LogP contribution in [0.2, 0.25) is 0 Å². The second kappa shape index (κ2) is 7.61. The highest BCUT2D eigenvalue weighted by Gasteiger charge is 2.34. The Morgan fingerprint density at radius 1 is 1.08 bits per heavy atom. The average Bonchev–Trinajstić information content (AvgIpc) is 3.29. The van der Waals surface area contributed by atoms with E-state index in [1.165, 1.54) is 23.5 Å². The van der Waals surface area contributed by atoms with E-state index in [0.29, 0.717) is 4.88 Å². The number of carbonyl (C=O) groups excluding carboxylic acids is 1. The molecule has 0 aliphatic carbocycles. The molecular weight excluding hydrogens is 383 g/mol. The molecule has 0 spiro atoms. The van der Waals surface area contributed by atoms with Gasteiger partial charge < -0.3 is 10.4 Å². The highest BCUT2D eigenvalue weighted by molar-refractivity contribution is 7.21. The molecule has 0 bridgehead atoms. The molecule has 3 nitrogen and oxygen atoms in total. The molecule has 3 rings (SSSR count). The number of nitrogens with one attached hydrogen (secondary N) is 1. The molecule has 8 heteroatoms. The maximum Gasteiger partial charge on any atom is 0.417 e. The monoisotopic (exact) mass is 397 g/mol. The lowest BCUT2D eigenvalue weighted by Crippen LogP contribution is -2.30. The van der Waals surface area contributed by atoms with Crippen molar-refractivity contribution in [1.82, 2.24) is 5.32 Å². The fourth-order valence-electron chi connectivity index (χ4n) is 2.40. The van der Waals surface area contributed by atoms with E-state index >= 15 is 0 Å². The van der Waals surface area contributed by atoms with Crippen LogP contribution in [0, 0.1) is 0 Å². The van der Waals surface area contributed by atoms with Crippen LogP contribution in [0.1, 0.15) is 26.9 Å². The molecule has 136 valence electrons. The zero-order valence-corrected chi connectivity index (χ0v) is 14.9. The number of alkyl halides is 3. The van der Waals surface area contributed by atoms with Crippen molar-refractivity contribution in [2.75, 3.05) is 6.54 Å². The van der Waals surface area contributed by atoms with Gasteiger partial charge in [-0.2, -0.15) is 13.2 Å². The second-order valence-electron chi connectivity index (χ2n) is 5.45.